The van der Waals surface area contributed by atoms with Crippen LogP contribution < -0.4 is 10.2 Å². The summed E-state index contributed by atoms with van der Waals surface area (Å²) >= 11 is 7.52. The molecule has 0 aromatic heterocycles. The Bertz CT molecular complexity index is 730. The van der Waals surface area contributed by atoms with Gasteiger partial charge in [0.15, 0.2) is 0 Å². The van der Waals surface area contributed by atoms with E-state index < -0.39 is 0 Å². The van der Waals surface area contributed by atoms with Gasteiger partial charge in [-0.15, -0.1) is 11.8 Å². The number of halogens is 1. The SMILES string of the molecule is O=C(CC1(Sc2ccc(Oc3ccc(Cl)cc3)cc2)CCOCC1)NO. The molecule has 1 aliphatic heterocycles. The van der Waals surface area contributed by atoms with Crippen LogP contribution in [-0.4, -0.2) is 29.1 Å². The van der Waals surface area contributed by atoms with Crippen molar-refractivity contribution in [3.63, 3.8) is 0 Å². The second-order valence-corrected chi connectivity index (χ2v) is 8.11. The van der Waals surface area contributed by atoms with E-state index in [9.17, 15) is 4.79 Å². The molecule has 0 unspecified atom stereocenters. The van der Waals surface area contributed by atoms with Crippen molar-refractivity contribution in [3.05, 3.63) is 53.6 Å². The monoisotopic (exact) mass is 393 g/mol. The number of hydrogen-bond acceptors (Lipinski definition) is 5. The first-order chi connectivity index (χ1) is 12.6. The summed E-state index contributed by atoms with van der Waals surface area (Å²) in [6.07, 6.45) is 1.77. The van der Waals surface area contributed by atoms with E-state index in [1.807, 2.05) is 36.4 Å². The maximum atomic E-state index is 11.7. The Balaban J connectivity index is 1.68. The highest BCUT2D eigenvalue weighted by Crippen LogP contribution is 2.43. The third-order valence-corrected chi connectivity index (χ3v) is 5.96. The topological polar surface area (TPSA) is 67.8 Å². The van der Waals surface area contributed by atoms with Crippen LogP contribution in [-0.2, 0) is 9.53 Å². The Labute approximate surface area is 161 Å². The molecule has 0 aliphatic carbocycles. The fraction of sp³-hybridized carbons (Fsp3) is 0.316. The molecular formula is C19H20ClNO4S. The lowest BCUT2D eigenvalue weighted by Crippen LogP contribution is -2.38. The average Bonchev–Trinajstić information content (AvgIpc) is 2.66. The molecule has 26 heavy (non-hydrogen) atoms. The van der Waals surface area contributed by atoms with E-state index in [1.54, 1.807) is 29.4 Å². The van der Waals surface area contributed by atoms with Crippen molar-refractivity contribution in [1.29, 1.82) is 0 Å². The molecule has 1 fully saturated rings. The van der Waals surface area contributed by atoms with E-state index in [1.165, 1.54) is 0 Å². The molecule has 7 heteroatoms. The molecule has 0 spiro atoms. The van der Waals surface area contributed by atoms with Crippen LogP contribution in [0.3, 0.4) is 0 Å². The standard InChI is InChI=1S/C19H20ClNO4S/c20-14-1-3-15(4-2-14)25-16-5-7-17(8-6-16)26-19(13-18(22)21-23)9-11-24-12-10-19/h1-8,23H,9-13H2,(H,21,22). The maximum Gasteiger partial charge on any atom is 0.244 e. The van der Waals surface area contributed by atoms with Gasteiger partial charge in [0.1, 0.15) is 11.5 Å². The van der Waals surface area contributed by atoms with Crippen molar-refractivity contribution in [1.82, 2.24) is 5.48 Å². The summed E-state index contributed by atoms with van der Waals surface area (Å²) in [6, 6.07) is 14.9. The smallest absolute Gasteiger partial charge is 0.244 e. The number of hydroxylamine groups is 1. The Morgan fingerprint density at radius 2 is 1.69 bits per heavy atom. The first-order valence-corrected chi connectivity index (χ1v) is 9.51. The van der Waals surface area contributed by atoms with Gasteiger partial charge in [0.2, 0.25) is 5.91 Å². The molecule has 0 radical (unpaired) electrons. The molecule has 0 atom stereocenters. The minimum absolute atomic E-state index is 0.251. The van der Waals surface area contributed by atoms with Crippen LogP contribution >= 0.6 is 23.4 Å². The first kappa shape index (κ1) is 19.0. The number of hydrogen-bond donors (Lipinski definition) is 2. The summed E-state index contributed by atoms with van der Waals surface area (Å²) < 4.78 is 11.0. The van der Waals surface area contributed by atoms with Gasteiger partial charge in [0.25, 0.3) is 0 Å². The van der Waals surface area contributed by atoms with Crippen molar-refractivity contribution < 1.29 is 19.5 Å². The Morgan fingerprint density at radius 3 is 2.27 bits per heavy atom. The third-order valence-electron chi connectivity index (χ3n) is 4.22. The zero-order chi connectivity index (χ0) is 18.4. The predicted octanol–water partition coefficient (Wildman–Crippen LogP) is 4.67. The highest BCUT2D eigenvalue weighted by molar-refractivity contribution is 8.00. The molecule has 3 rings (SSSR count). The number of ether oxygens (including phenoxy) is 2. The van der Waals surface area contributed by atoms with Crippen LogP contribution in [0, 0.1) is 0 Å². The third kappa shape index (κ3) is 5.14. The highest BCUT2D eigenvalue weighted by atomic mass is 35.5. The molecule has 1 amide bonds. The predicted molar refractivity (Wildman–Crippen MR) is 101 cm³/mol. The van der Waals surface area contributed by atoms with Crippen molar-refractivity contribution in [3.8, 4) is 11.5 Å². The Kier molecular flexibility index (Phi) is 6.43. The second kappa shape index (κ2) is 8.77. The highest BCUT2D eigenvalue weighted by Gasteiger charge is 2.36. The van der Waals surface area contributed by atoms with Gasteiger partial charge in [-0.05, 0) is 61.4 Å². The minimum Gasteiger partial charge on any atom is -0.457 e. The number of thioether (sulfide) groups is 1. The second-order valence-electron chi connectivity index (χ2n) is 6.14. The van der Waals surface area contributed by atoms with Crippen molar-refractivity contribution >= 4 is 29.3 Å². The summed E-state index contributed by atoms with van der Waals surface area (Å²) in [5.41, 5.74) is 1.74. The molecule has 0 bridgehead atoms. The lowest BCUT2D eigenvalue weighted by molar-refractivity contribution is -0.130. The molecule has 1 aliphatic rings. The van der Waals surface area contributed by atoms with Gasteiger partial charge in [-0.1, -0.05) is 11.6 Å². The van der Waals surface area contributed by atoms with Gasteiger partial charge < -0.3 is 9.47 Å². The van der Waals surface area contributed by atoms with Crippen molar-refractivity contribution in [2.45, 2.75) is 28.9 Å². The molecule has 0 saturated carbocycles. The van der Waals surface area contributed by atoms with E-state index in [-0.39, 0.29) is 17.1 Å². The number of nitrogens with one attached hydrogen (secondary N) is 1. The van der Waals surface area contributed by atoms with Gasteiger partial charge in [-0.3, -0.25) is 10.0 Å². The van der Waals surface area contributed by atoms with Gasteiger partial charge in [0.05, 0.1) is 0 Å². The van der Waals surface area contributed by atoms with Gasteiger partial charge >= 0.3 is 0 Å². The maximum absolute atomic E-state index is 11.7. The fourth-order valence-corrected chi connectivity index (χ4v) is 4.33. The lowest BCUT2D eigenvalue weighted by Gasteiger charge is -2.35. The van der Waals surface area contributed by atoms with Crippen molar-refractivity contribution in [2.24, 2.45) is 0 Å². The zero-order valence-electron chi connectivity index (χ0n) is 14.1. The van der Waals surface area contributed by atoms with Crippen LogP contribution in [0.15, 0.2) is 53.4 Å². The quantitative estimate of drug-likeness (QED) is 0.551. The molecule has 1 heterocycles. The van der Waals surface area contributed by atoms with Gasteiger partial charge in [0, 0.05) is 34.3 Å². The molecule has 5 nitrogen and oxygen atoms in total. The van der Waals surface area contributed by atoms with Gasteiger partial charge in [-0.25, -0.2) is 5.48 Å². The fourth-order valence-electron chi connectivity index (χ4n) is 2.85. The summed E-state index contributed by atoms with van der Waals surface area (Å²) in [5, 5.41) is 9.54. The van der Waals surface area contributed by atoms with Gasteiger partial charge in [-0.2, -0.15) is 0 Å². The molecule has 2 N–H and O–H groups in total. The number of carbonyl (C=O) groups is 1. The normalized spacial score (nSPS) is 16.1. The Morgan fingerprint density at radius 1 is 1.12 bits per heavy atom. The van der Waals surface area contributed by atoms with E-state index in [0.717, 1.165) is 29.2 Å². The van der Waals surface area contributed by atoms with Crippen LogP contribution in [0.2, 0.25) is 5.02 Å². The van der Waals surface area contributed by atoms with Crippen LogP contribution in [0.4, 0.5) is 0 Å². The number of rotatable bonds is 6. The first-order valence-electron chi connectivity index (χ1n) is 8.32. The molecule has 138 valence electrons. The zero-order valence-corrected chi connectivity index (χ0v) is 15.7. The van der Waals surface area contributed by atoms with E-state index in [4.69, 9.17) is 26.3 Å². The van der Waals surface area contributed by atoms with Crippen molar-refractivity contribution in [2.75, 3.05) is 13.2 Å². The molecule has 2 aromatic rings. The summed E-state index contributed by atoms with van der Waals surface area (Å²) in [6.45, 7) is 1.23. The number of carbonyl (C=O) groups excluding carboxylic acids is 1. The van der Waals surface area contributed by atoms with Crippen LogP contribution in [0.5, 0.6) is 11.5 Å². The summed E-state index contributed by atoms with van der Waals surface area (Å²) in [5.74, 6) is 1.07. The largest absolute Gasteiger partial charge is 0.457 e. The average molecular weight is 394 g/mol. The molecular weight excluding hydrogens is 374 g/mol. The lowest BCUT2D eigenvalue weighted by atomic mass is 9.95. The number of benzene rings is 2. The van der Waals surface area contributed by atoms with E-state index in [0.29, 0.717) is 18.2 Å². The van der Waals surface area contributed by atoms with Crippen LogP contribution in [0.1, 0.15) is 19.3 Å². The Hall–Kier alpha value is -1.73. The van der Waals surface area contributed by atoms with E-state index in [2.05, 4.69) is 0 Å². The minimum atomic E-state index is -0.373. The van der Waals surface area contributed by atoms with E-state index >= 15 is 0 Å². The molecule has 1 saturated heterocycles. The summed E-state index contributed by atoms with van der Waals surface area (Å²) in [7, 11) is 0. The number of amides is 1. The summed E-state index contributed by atoms with van der Waals surface area (Å²) in [4.78, 5) is 12.8. The molecule has 2 aromatic carbocycles. The van der Waals surface area contributed by atoms with Crippen LogP contribution in [0.25, 0.3) is 0 Å².